The average molecular weight is 309 g/mol. The zero-order valence-corrected chi connectivity index (χ0v) is 13.3. The molecule has 0 radical (unpaired) electrons. The first-order valence-corrected chi connectivity index (χ1v) is 8.28. The summed E-state index contributed by atoms with van der Waals surface area (Å²) in [4.78, 5) is 16.0. The van der Waals surface area contributed by atoms with Crippen LogP contribution in [0.4, 0.5) is 0 Å². The SMILES string of the molecule is O=C(CCC1CCNC1)NCc1ccc(-c2ccncc2)cc1. The molecule has 23 heavy (non-hydrogen) atoms. The number of pyridine rings is 1. The molecule has 2 N–H and O–H groups in total. The smallest absolute Gasteiger partial charge is 0.220 e. The first kappa shape index (κ1) is 15.7. The van der Waals surface area contributed by atoms with Gasteiger partial charge in [-0.15, -0.1) is 0 Å². The Bertz CT molecular complexity index is 619. The van der Waals surface area contributed by atoms with Gasteiger partial charge in [-0.2, -0.15) is 0 Å². The van der Waals surface area contributed by atoms with E-state index in [4.69, 9.17) is 0 Å². The van der Waals surface area contributed by atoms with Crippen molar-refractivity contribution in [1.82, 2.24) is 15.6 Å². The van der Waals surface area contributed by atoms with E-state index in [1.165, 1.54) is 6.42 Å². The Morgan fingerprint density at radius 1 is 1.13 bits per heavy atom. The van der Waals surface area contributed by atoms with E-state index >= 15 is 0 Å². The molecule has 2 aromatic rings. The zero-order chi connectivity index (χ0) is 15.9. The third-order valence-electron chi connectivity index (χ3n) is 4.40. The van der Waals surface area contributed by atoms with E-state index in [-0.39, 0.29) is 5.91 Å². The number of amides is 1. The van der Waals surface area contributed by atoms with Crippen LogP contribution in [0, 0.1) is 5.92 Å². The summed E-state index contributed by atoms with van der Waals surface area (Å²) in [6, 6.07) is 12.3. The van der Waals surface area contributed by atoms with Gasteiger partial charge in [0.1, 0.15) is 0 Å². The van der Waals surface area contributed by atoms with Gasteiger partial charge in [0.2, 0.25) is 5.91 Å². The lowest BCUT2D eigenvalue weighted by atomic mass is 10.0. The van der Waals surface area contributed by atoms with Crippen LogP contribution < -0.4 is 10.6 Å². The fraction of sp³-hybridized carbons (Fsp3) is 0.368. The summed E-state index contributed by atoms with van der Waals surface area (Å²) in [7, 11) is 0. The summed E-state index contributed by atoms with van der Waals surface area (Å²) < 4.78 is 0. The van der Waals surface area contributed by atoms with Gasteiger partial charge in [0.05, 0.1) is 0 Å². The van der Waals surface area contributed by atoms with E-state index in [9.17, 15) is 4.79 Å². The Morgan fingerprint density at radius 3 is 2.57 bits per heavy atom. The van der Waals surface area contributed by atoms with E-state index in [1.54, 1.807) is 12.4 Å². The van der Waals surface area contributed by atoms with Crippen LogP contribution in [-0.2, 0) is 11.3 Å². The Labute approximate surface area is 137 Å². The number of carbonyl (C=O) groups excluding carboxylic acids is 1. The molecule has 0 saturated carbocycles. The van der Waals surface area contributed by atoms with Crippen molar-refractivity contribution in [3.63, 3.8) is 0 Å². The van der Waals surface area contributed by atoms with Crippen molar-refractivity contribution in [3.8, 4) is 11.1 Å². The van der Waals surface area contributed by atoms with Crippen LogP contribution in [0.25, 0.3) is 11.1 Å². The molecule has 120 valence electrons. The Kier molecular flexibility index (Phi) is 5.37. The molecule has 0 aliphatic carbocycles. The van der Waals surface area contributed by atoms with Crippen molar-refractivity contribution in [2.24, 2.45) is 5.92 Å². The van der Waals surface area contributed by atoms with E-state index in [0.29, 0.717) is 18.9 Å². The maximum Gasteiger partial charge on any atom is 0.220 e. The summed E-state index contributed by atoms with van der Waals surface area (Å²) in [5.74, 6) is 0.815. The van der Waals surface area contributed by atoms with Crippen molar-refractivity contribution in [2.45, 2.75) is 25.8 Å². The fourth-order valence-electron chi connectivity index (χ4n) is 2.94. The minimum atomic E-state index is 0.148. The second-order valence-electron chi connectivity index (χ2n) is 6.11. The maximum absolute atomic E-state index is 11.9. The van der Waals surface area contributed by atoms with Crippen LogP contribution in [0.2, 0.25) is 0 Å². The Balaban J connectivity index is 1.45. The molecule has 0 spiro atoms. The summed E-state index contributed by atoms with van der Waals surface area (Å²) in [5.41, 5.74) is 3.44. The summed E-state index contributed by atoms with van der Waals surface area (Å²) in [5, 5.41) is 6.35. The van der Waals surface area contributed by atoms with Crippen LogP contribution in [0.3, 0.4) is 0 Å². The van der Waals surface area contributed by atoms with E-state index in [2.05, 4.69) is 39.9 Å². The molecule has 1 atom stereocenters. The normalized spacial score (nSPS) is 17.1. The van der Waals surface area contributed by atoms with Crippen molar-refractivity contribution in [1.29, 1.82) is 0 Å². The summed E-state index contributed by atoms with van der Waals surface area (Å²) in [6.45, 7) is 2.75. The van der Waals surface area contributed by atoms with Gasteiger partial charge in [0.15, 0.2) is 0 Å². The Hall–Kier alpha value is -2.20. The standard InChI is InChI=1S/C19H23N3O/c23-19(6-3-16-7-10-21-13-16)22-14-15-1-4-17(5-2-15)18-8-11-20-12-9-18/h1-2,4-5,8-9,11-12,16,21H,3,6-7,10,13-14H2,(H,22,23). The van der Waals surface area contributed by atoms with Gasteiger partial charge in [-0.25, -0.2) is 0 Å². The molecule has 1 unspecified atom stereocenters. The number of rotatable bonds is 6. The lowest BCUT2D eigenvalue weighted by molar-refractivity contribution is -0.121. The summed E-state index contributed by atoms with van der Waals surface area (Å²) >= 11 is 0. The number of hydrogen-bond donors (Lipinski definition) is 2. The van der Waals surface area contributed by atoms with Crippen molar-refractivity contribution in [2.75, 3.05) is 13.1 Å². The first-order chi connectivity index (χ1) is 11.3. The van der Waals surface area contributed by atoms with Crippen molar-refractivity contribution in [3.05, 3.63) is 54.4 Å². The van der Waals surface area contributed by atoms with Crippen LogP contribution >= 0.6 is 0 Å². The third kappa shape index (κ3) is 4.63. The van der Waals surface area contributed by atoms with Crippen LogP contribution in [0.15, 0.2) is 48.8 Å². The molecule has 3 rings (SSSR count). The molecule has 4 nitrogen and oxygen atoms in total. The highest BCUT2D eigenvalue weighted by atomic mass is 16.1. The molecule has 1 aliphatic rings. The van der Waals surface area contributed by atoms with Crippen molar-refractivity contribution < 1.29 is 4.79 Å². The molecular formula is C19H23N3O. The molecule has 2 heterocycles. The van der Waals surface area contributed by atoms with E-state index in [1.807, 2.05) is 12.1 Å². The topological polar surface area (TPSA) is 54.0 Å². The molecule has 0 bridgehead atoms. The lowest BCUT2D eigenvalue weighted by Gasteiger charge is -2.09. The molecule has 1 aliphatic heterocycles. The van der Waals surface area contributed by atoms with E-state index < -0.39 is 0 Å². The number of carbonyl (C=O) groups is 1. The molecular weight excluding hydrogens is 286 g/mol. The van der Waals surface area contributed by atoms with Gasteiger partial charge in [0, 0.05) is 25.4 Å². The van der Waals surface area contributed by atoms with Gasteiger partial charge in [-0.1, -0.05) is 24.3 Å². The minimum absolute atomic E-state index is 0.148. The lowest BCUT2D eigenvalue weighted by Crippen LogP contribution is -2.23. The largest absolute Gasteiger partial charge is 0.352 e. The average Bonchev–Trinajstić information content (AvgIpc) is 3.13. The van der Waals surface area contributed by atoms with Gasteiger partial charge in [0.25, 0.3) is 0 Å². The molecule has 4 heteroatoms. The molecule has 1 aromatic heterocycles. The summed E-state index contributed by atoms with van der Waals surface area (Å²) in [6.07, 6.45) is 6.40. The first-order valence-electron chi connectivity index (χ1n) is 8.28. The fourth-order valence-corrected chi connectivity index (χ4v) is 2.94. The third-order valence-corrected chi connectivity index (χ3v) is 4.40. The quantitative estimate of drug-likeness (QED) is 0.862. The van der Waals surface area contributed by atoms with Crippen LogP contribution in [-0.4, -0.2) is 24.0 Å². The maximum atomic E-state index is 11.9. The van der Waals surface area contributed by atoms with Crippen LogP contribution in [0.5, 0.6) is 0 Å². The highest BCUT2D eigenvalue weighted by Gasteiger charge is 2.15. The molecule has 1 amide bonds. The second kappa shape index (κ2) is 7.88. The molecule has 1 fully saturated rings. The number of hydrogen-bond acceptors (Lipinski definition) is 3. The minimum Gasteiger partial charge on any atom is -0.352 e. The highest BCUT2D eigenvalue weighted by Crippen LogP contribution is 2.18. The second-order valence-corrected chi connectivity index (χ2v) is 6.11. The van der Waals surface area contributed by atoms with Gasteiger partial charge in [-0.3, -0.25) is 9.78 Å². The monoisotopic (exact) mass is 309 g/mol. The molecule has 1 saturated heterocycles. The zero-order valence-electron chi connectivity index (χ0n) is 13.3. The van der Waals surface area contributed by atoms with E-state index in [0.717, 1.165) is 36.2 Å². The van der Waals surface area contributed by atoms with Gasteiger partial charge in [-0.05, 0) is 60.7 Å². The number of nitrogens with one attached hydrogen (secondary N) is 2. The van der Waals surface area contributed by atoms with Gasteiger partial charge < -0.3 is 10.6 Å². The predicted molar refractivity (Wildman–Crippen MR) is 91.7 cm³/mol. The Morgan fingerprint density at radius 2 is 1.87 bits per heavy atom. The number of benzene rings is 1. The highest BCUT2D eigenvalue weighted by molar-refractivity contribution is 5.75. The number of aromatic nitrogens is 1. The molecule has 1 aromatic carbocycles. The van der Waals surface area contributed by atoms with Gasteiger partial charge >= 0.3 is 0 Å². The van der Waals surface area contributed by atoms with Crippen molar-refractivity contribution >= 4 is 5.91 Å². The predicted octanol–water partition coefficient (Wildman–Crippen LogP) is 2.75. The van der Waals surface area contributed by atoms with Crippen LogP contribution in [0.1, 0.15) is 24.8 Å². The number of nitrogens with zero attached hydrogens (tertiary/aromatic N) is 1.